The second-order valence-corrected chi connectivity index (χ2v) is 8.71. The van der Waals surface area contributed by atoms with Gasteiger partial charge in [0.2, 0.25) is 10.0 Å². The molecular formula is C11H17BrN2O2S2. The van der Waals surface area contributed by atoms with Crippen molar-refractivity contribution >= 4 is 37.3 Å². The Morgan fingerprint density at radius 2 is 2.22 bits per heavy atom. The smallest absolute Gasteiger partial charge is 0.242 e. The lowest BCUT2D eigenvalue weighted by Gasteiger charge is -2.03. The first-order chi connectivity index (χ1) is 8.44. The fraction of sp³-hybridized carbons (Fsp3) is 0.636. The van der Waals surface area contributed by atoms with Gasteiger partial charge in [-0.25, -0.2) is 13.1 Å². The lowest BCUT2D eigenvalue weighted by atomic mass is 10.4. The molecule has 1 heterocycles. The summed E-state index contributed by atoms with van der Waals surface area (Å²) in [4.78, 5) is 1.38. The van der Waals surface area contributed by atoms with E-state index in [1.807, 2.05) is 13.8 Å². The molecule has 2 unspecified atom stereocenters. The third-order valence-corrected chi connectivity index (χ3v) is 6.70. The van der Waals surface area contributed by atoms with E-state index in [0.717, 1.165) is 17.8 Å². The molecule has 1 aliphatic rings. The third kappa shape index (κ3) is 3.33. The van der Waals surface area contributed by atoms with Crippen molar-refractivity contribution in [2.45, 2.75) is 37.8 Å². The van der Waals surface area contributed by atoms with Crippen LogP contribution in [0.2, 0.25) is 0 Å². The van der Waals surface area contributed by atoms with E-state index in [9.17, 15) is 8.42 Å². The van der Waals surface area contributed by atoms with Crippen LogP contribution in [0.15, 0.2) is 14.7 Å². The maximum atomic E-state index is 12.2. The van der Waals surface area contributed by atoms with Crippen molar-refractivity contribution in [3.63, 3.8) is 0 Å². The van der Waals surface area contributed by atoms with Gasteiger partial charge in [-0.2, -0.15) is 0 Å². The molecule has 0 aliphatic heterocycles. The van der Waals surface area contributed by atoms with Crippen LogP contribution in [0.5, 0.6) is 0 Å². The van der Waals surface area contributed by atoms with Crippen LogP contribution < -0.4 is 10.0 Å². The maximum absolute atomic E-state index is 12.2. The molecule has 1 saturated carbocycles. The van der Waals surface area contributed by atoms with Crippen LogP contribution in [0.4, 0.5) is 0 Å². The SMILES string of the molecule is CCNCc1cc(S(=O)(=O)NC2CC2C)c(Br)s1. The molecule has 1 aliphatic carbocycles. The minimum absolute atomic E-state index is 0.110. The first-order valence-corrected chi connectivity index (χ1v) is 9.04. The lowest BCUT2D eigenvalue weighted by molar-refractivity contribution is 0.578. The largest absolute Gasteiger partial charge is 0.312 e. The van der Waals surface area contributed by atoms with Gasteiger partial charge in [-0.15, -0.1) is 11.3 Å². The third-order valence-electron chi connectivity index (χ3n) is 2.96. The fourth-order valence-electron chi connectivity index (χ4n) is 1.67. The molecule has 0 amide bonds. The van der Waals surface area contributed by atoms with Crippen molar-refractivity contribution in [3.8, 4) is 0 Å². The molecular weight excluding hydrogens is 336 g/mol. The Bertz CT molecular complexity index is 527. The number of hydrogen-bond donors (Lipinski definition) is 2. The van der Waals surface area contributed by atoms with Crippen molar-refractivity contribution in [1.29, 1.82) is 0 Å². The average Bonchev–Trinajstić information content (AvgIpc) is 2.82. The van der Waals surface area contributed by atoms with E-state index in [-0.39, 0.29) is 6.04 Å². The second-order valence-electron chi connectivity index (χ2n) is 4.57. The summed E-state index contributed by atoms with van der Waals surface area (Å²) in [5.41, 5.74) is 0. The van der Waals surface area contributed by atoms with E-state index in [1.165, 1.54) is 11.3 Å². The Hall–Kier alpha value is 0.0500. The van der Waals surface area contributed by atoms with E-state index in [0.29, 0.717) is 21.1 Å². The summed E-state index contributed by atoms with van der Waals surface area (Å²) in [5.74, 6) is 0.457. The Kier molecular flexibility index (Phi) is 4.48. The zero-order valence-electron chi connectivity index (χ0n) is 10.4. The number of nitrogens with one attached hydrogen (secondary N) is 2. The summed E-state index contributed by atoms with van der Waals surface area (Å²) < 4.78 is 27.8. The van der Waals surface area contributed by atoms with Gasteiger partial charge in [0, 0.05) is 17.5 Å². The highest BCUT2D eigenvalue weighted by atomic mass is 79.9. The van der Waals surface area contributed by atoms with E-state index < -0.39 is 10.0 Å². The minimum Gasteiger partial charge on any atom is -0.312 e. The van der Waals surface area contributed by atoms with E-state index >= 15 is 0 Å². The van der Waals surface area contributed by atoms with Crippen LogP contribution in [0.25, 0.3) is 0 Å². The van der Waals surface area contributed by atoms with Gasteiger partial charge in [-0.05, 0) is 40.9 Å². The standard InChI is InChI=1S/C11H17BrN2O2S2/c1-3-13-6-8-5-10(11(12)17-8)18(15,16)14-9-4-7(9)2/h5,7,9,13-14H,3-4,6H2,1-2H3. The van der Waals surface area contributed by atoms with Crippen molar-refractivity contribution < 1.29 is 8.42 Å². The zero-order valence-corrected chi connectivity index (χ0v) is 13.6. The highest BCUT2D eigenvalue weighted by Crippen LogP contribution is 2.35. The summed E-state index contributed by atoms with van der Waals surface area (Å²) in [6.45, 7) is 5.65. The summed E-state index contributed by atoms with van der Waals surface area (Å²) in [6, 6.07) is 1.85. The molecule has 2 atom stereocenters. The highest BCUT2D eigenvalue weighted by molar-refractivity contribution is 9.11. The van der Waals surface area contributed by atoms with E-state index in [2.05, 4.69) is 26.0 Å². The second kappa shape index (κ2) is 5.58. The molecule has 2 rings (SSSR count). The summed E-state index contributed by atoms with van der Waals surface area (Å²) in [6.07, 6.45) is 0.936. The number of sulfonamides is 1. The number of thiophene rings is 1. The monoisotopic (exact) mass is 352 g/mol. The molecule has 4 nitrogen and oxygen atoms in total. The molecule has 0 aromatic carbocycles. The van der Waals surface area contributed by atoms with Gasteiger partial charge in [0.15, 0.2) is 0 Å². The van der Waals surface area contributed by atoms with Crippen LogP contribution in [0.1, 0.15) is 25.1 Å². The minimum atomic E-state index is -3.38. The Morgan fingerprint density at radius 1 is 1.56 bits per heavy atom. The number of hydrogen-bond acceptors (Lipinski definition) is 4. The molecule has 0 spiro atoms. The summed E-state index contributed by atoms with van der Waals surface area (Å²) in [7, 11) is -3.38. The summed E-state index contributed by atoms with van der Waals surface area (Å²) >= 11 is 4.81. The molecule has 1 fully saturated rings. The lowest BCUT2D eigenvalue weighted by Crippen LogP contribution is -2.26. The van der Waals surface area contributed by atoms with Gasteiger partial charge in [0.1, 0.15) is 4.90 Å². The normalized spacial score (nSPS) is 23.3. The predicted molar refractivity (Wildman–Crippen MR) is 77.3 cm³/mol. The van der Waals surface area contributed by atoms with Crippen molar-refractivity contribution in [3.05, 3.63) is 14.7 Å². The Labute approximate surface area is 120 Å². The predicted octanol–water partition coefficient (Wildman–Crippen LogP) is 2.31. The number of rotatable bonds is 6. The van der Waals surface area contributed by atoms with Crippen LogP contribution in [0, 0.1) is 5.92 Å². The van der Waals surface area contributed by atoms with Gasteiger partial charge in [-0.3, -0.25) is 0 Å². The van der Waals surface area contributed by atoms with Crippen LogP contribution >= 0.6 is 27.3 Å². The van der Waals surface area contributed by atoms with Crippen molar-refractivity contribution in [2.75, 3.05) is 6.54 Å². The van der Waals surface area contributed by atoms with E-state index in [4.69, 9.17) is 0 Å². The van der Waals surface area contributed by atoms with Crippen LogP contribution in [0.3, 0.4) is 0 Å². The first-order valence-electron chi connectivity index (χ1n) is 5.95. The zero-order chi connectivity index (χ0) is 13.3. The quantitative estimate of drug-likeness (QED) is 0.825. The molecule has 0 radical (unpaired) electrons. The molecule has 102 valence electrons. The topological polar surface area (TPSA) is 58.2 Å². The molecule has 0 bridgehead atoms. The molecule has 7 heteroatoms. The molecule has 1 aromatic rings. The highest BCUT2D eigenvalue weighted by Gasteiger charge is 2.37. The van der Waals surface area contributed by atoms with Gasteiger partial charge < -0.3 is 5.32 Å². The fourth-order valence-corrected chi connectivity index (χ4v) is 5.68. The van der Waals surface area contributed by atoms with Crippen LogP contribution in [-0.2, 0) is 16.6 Å². The Morgan fingerprint density at radius 3 is 2.78 bits per heavy atom. The van der Waals surface area contributed by atoms with Crippen LogP contribution in [-0.4, -0.2) is 21.0 Å². The summed E-state index contributed by atoms with van der Waals surface area (Å²) in [5, 5.41) is 3.19. The van der Waals surface area contributed by atoms with E-state index in [1.54, 1.807) is 6.07 Å². The maximum Gasteiger partial charge on any atom is 0.242 e. The van der Waals surface area contributed by atoms with Gasteiger partial charge >= 0.3 is 0 Å². The number of halogens is 1. The van der Waals surface area contributed by atoms with Gasteiger partial charge in [0.25, 0.3) is 0 Å². The van der Waals surface area contributed by atoms with Crippen molar-refractivity contribution in [1.82, 2.24) is 10.0 Å². The molecule has 2 N–H and O–H groups in total. The Balaban J connectivity index is 2.13. The first kappa shape index (κ1) is 14.5. The molecule has 1 aromatic heterocycles. The molecule has 0 saturated heterocycles. The van der Waals surface area contributed by atoms with Crippen molar-refractivity contribution in [2.24, 2.45) is 5.92 Å². The molecule has 18 heavy (non-hydrogen) atoms. The average molecular weight is 353 g/mol. The van der Waals surface area contributed by atoms with Gasteiger partial charge in [0.05, 0.1) is 3.79 Å². The van der Waals surface area contributed by atoms with Gasteiger partial charge in [-0.1, -0.05) is 13.8 Å².